The van der Waals surface area contributed by atoms with Gasteiger partial charge in [-0.25, -0.2) is 0 Å². The summed E-state index contributed by atoms with van der Waals surface area (Å²) < 4.78 is 11.3. The first-order valence-corrected chi connectivity index (χ1v) is 10.1. The summed E-state index contributed by atoms with van der Waals surface area (Å²) in [6, 6.07) is 12.1. The van der Waals surface area contributed by atoms with E-state index in [-0.39, 0.29) is 24.2 Å². The van der Waals surface area contributed by atoms with Crippen molar-refractivity contribution in [2.45, 2.75) is 26.9 Å². The zero-order valence-corrected chi connectivity index (χ0v) is 17.6. The normalized spacial score (nSPS) is 14.9. The van der Waals surface area contributed by atoms with Crippen LogP contribution in [0, 0.1) is 13.8 Å². The van der Waals surface area contributed by atoms with Crippen molar-refractivity contribution in [1.29, 1.82) is 0 Å². The molecule has 2 aromatic rings. The summed E-state index contributed by atoms with van der Waals surface area (Å²) >= 11 is 0. The molecule has 1 fully saturated rings. The number of amides is 2. The Bertz CT molecular complexity index is 889. The summed E-state index contributed by atoms with van der Waals surface area (Å²) in [6.07, 6.45) is -0.648. The van der Waals surface area contributed by atoms with Crippen LogP contribution in [0.2, 0.25) is 0 Å². The van der Waals surface area contributed by atoms with Gasteiger partial charge in [-0.15, -0.1) is 0 Å². The van der Waals surface area contributed by atoms with Crippen LogP contribution in [0.1, 0.15) is 18.1 Å². The Kier molecular flexibility index (Phi) is 6.82. The topological polar surface area (TPSA) is 79.3 Å². The van der Waals surface area contributed by atoms with Gasteiger partial charge in [0, 0.05) is 26.2 Å². The maximum Gasteiger partial charge on any atom is 0.263 e. The van der Waals surface area contributed by atoms with E-state index in [2.05, 4.69) is 0 Å². The largest absolute Gasteiger partial charge is 0.508 e. The van der Waals surface area contributed by atoms with Gasteiger partial charge in [0.15, 0.2) is 12.7 Å². The second-order valence-electron chi connectivity index (χ2n) is 7.52. The Morgan fingerprint density at radius 3 is 2.27 bits per heavy atom. The first-order valence-electron chi connectivity index (χ1n) is 10.1. The van der Waals surface area contributed by atoms with Gasteiger partial charge in [-0.1, -0.05) is 17.7 Å². The van der Waals surface area contributed by atoms with E-state index < -0.39 is 6.10 Å². The van der Waals surface area contributed by atoms with Gasteiger partial charge < -0.3 is 24.4 Å². The van der Waals surface area contributed by atoms with Gasteiger partial charge in [0.05, 0.1) is 0 Å². The summed E-state index contributed by atoms with van der Waals surface area (Å²) in [5.41, 5.74) is 2.15. The molecule has 0 radical (unpaired) electrons. The molecule has 1 saturated heterocycles. The van der Waals surface area contributed by atoms with E-state index in [0.29, 0.717) is 37.7 Å². The van der Waals surface area contributed by atoms with Crippen molar-refractivity contribution in [2.75, 3.05) is 32.8 Å². The van der Waals surface area contributed by atoms with E-state index >= 15 is 0 Å². The first kappa shape index (κ1) is 21.5. The van der Waals surface area contributed by atoms with E-state index in [1.165, 1.54) is 12.1 Å². The number of ether oxygens (including phenoxy) is 2. The fraction of sp³-hybridized carbons (Fsp3) is 0.391. The molecular formula is C23H28N2O5. The molecule has 1 aliphatic rings. The number of hydrogen-bond acceptors (Lipinski definition) is 5. The molecule has 2 amide bonds. The van der Waals surface area contributed by atoms with Gasteiger partial charge in [0.2, 0.25) is 0 Å². The van der Waals surface area contributed by atoms with Crippen molar-refractivity contribution < 1.29 is 24.2 Å². The fourth-order valence-corrected chi connectivity index (χ4v) is 3.40. The van der Waals surface area contributed by atoms with Gasteiger partial charge in [-0.3, -0.25) is 9.59 Å². The molecule has 1 aliphatic heterocycles. The van der Waals surface area contributed by atoms with Crippen molar-refractivity contribution in [1.82, 2.24) is 9.80 Å². The molecule has 30 heavy (non-hydrogen) atoms. The van der Waals surface area contributed by atoms with E-state index in [0.717, 1.165) is 11.1 Å². The molecule has 2 aromatic carbocycles. The SMILES string of the molecule is Cc1ccc(OCC(=O)N2CCN(C(=O)C(C)Oc3ccc(O)cc3)CC2)c(C)c1. The highest BCUT2D eigenvalue weighted by Gasteiger charge is 2.28. The minimum Gasteiger partial charge on any atom is -0.508 e. The molecular weight excluding hydrogens is 384 g/mol. The van der Waals surface area contributed by atoms with Crippen molar-refractivity contribution in [3.05, 3.63) is 53.6 Å². The molecule has 0 spiro atoms. The molecule has 3 rings (SSSR count). The lowest BCUT2D eigenvalue weighted by Crippen LogP contribution is -2.54. The number of rotatable bonds is 6. The summed E-state index contributed by atoms with van der Waals surface area (Å²) in [4.78, 5) is 28.6. The fourth-order valence-electron chi connectivity index (χ4n) is 3.40. The number of phenolic OH excluding ortho intramolecular Hbond substituents is 1. The van der Waals surface area contributed by atoms with Crippen LogP contribution in [0.3, 0.4) is 0 Å². The maximum absolute atomic E-state index is 12.6. The van der Waals surface area contributed by atoms with Crippen molar-refractivity contribution in [3.63, 3.8) is 0 Å². The number of aryl methyl sites for hydroxylation is 2. The van der Waals surface area contributed by atoms with Gasteiger partial charge in [0.25, 0.3) is 11.8 Å². The van der Waals surface area contributed by atoms with Crippen LogP contribution in [-0.4, -0.2) is 65.6 Å². The molecule has 0 bridgehead atoms. The molecule has 1 unspecified atom stereocenters. The number of hydrogen-bond donors (Lipinski definition) is 1. The molecule has 0 saturated carbocycles. The van der Waals surface area contributed by atoms with E-state index in [1.54, 1.807) is 28.9 Å². The van der Waals surface area contributed by atoms with Crippen LogP contribution in [0.5, 0.6) is 17.2 Å². The average molecular weight is 412 g/mol. The van der Waals surface area contributed by atoms with Crippen molar-refractivity contribution in [2.24, 2.45) is 0 Å². The summed E-state index contributed by atoms with van der Waals surface area (Å²) in [5, 5.41) is 9.33. The van der Waals surface area contributed by atoms with Crippen LogP contribution in [0.15, 0.2) is 42.5 Å². The average Bonchev–Trinajstić information content (AvgIpc) is 2.74. The second-order valence-corrected chi connectivity index (χ2v) is 7.52. The highest BCUT2D eigenvalue weighted by atomic mass is 16.5. The molecule has 0 aliphatic carbocycles. The lowest BCUT2D eigenvalue weighted by molar-refractivity contribution is -0.144. The molecule has 160 valence electrons. The van der Waals surface area contributed by atoms with Gasteiger partial charge in [0.1, 0.15) is 17.2 Å². The highest BCUT2D eigenvalue weighted by Crippen LogP contribution is 2.20. The van der Waals surface area contributed by atoms with Gasteiger partial charge in [-0.05, 0) is 56.7 Å². The third-order valence-electron chi connectivity index (χ3n) is 5.12. The number of phenols is 1. The van der Waals surface area contributed by atoms with Crippen LogP contribution in [-0.2, 0) is 9.59 Å². The summed E-state index contributed by atoms with van der Waals surface area (Å²) in [5.74, 6) is 1.16. The number of aromatic hydroxyl groups is 1. The smallest absolute Gasteiger partial charge is 0.263 e. The van der Waals surface area contributed by atoms with Crippen LogP contribution < -0.4 is 9.47 Å². The standard InChI is InChI=1S/C23H28N2O5/c1-16-4-9-21(17(2)14-16)29-15-22(27)24-10-12-25(13-11-24)23(28)18(3)30-20-7-5-19(26)6-8-20/h4-9,14,18,26H,10-13,15H2,1-3H3. The number of nitrogens with zero attached hydrogens (tertiary/aromatic N) is 2. The molecule has 1 atom stereocenters. The van der Waals surface area contributed by atoms with Crippen LogP contribution in [0.25, 0.3) is 0 Å². The highest BCUT2D eigenvalue weighted by molar-refractivity contribution is 5.82. The number of benzene rings is 2. The maximum atomic E-state index is 12.6. The Morgan fingerprint density at radius 1 is 1.00 bits per heavy atom. The Labute approximate surface area is 176 Å². The zero-order valence-electron chi connectivity index (χ0n) is 17.6. The van der Waals surface area contributed by atoms with Crippen molar-refractivity contribution >= 4 is 11.8 Å². The Balaban J connectivity index is 1.45. The monoisotopic (exact) mass is 412 g/mol. The van der Waals surface area contributed by atoms with E-state index in [1.807, 2.05) is 32.0 Å². The minimum atomic E-state index is -0.648. The Morgan fingerprint density at radius 2 is 1.63 bits per heavy atom. The second kappa shape index (κ2) is 9.52. The predicted molar refractivity (Wildman–Crippen MR) is 113 cm³/mol. The lowest BCUT2D eigenvalue weighted by atomic mass is 10.1. The van der Waals surface area contributed by atoms with Crippen LogP contribution in [0.4, 0.5) is 0 Å². The van der Waals surface area contributed by atoms with Crippen LogP contribution >= 0.6 is 0 Å². The first-order chi connectivity index (χ1) is 14.3. The quantitative estimate of drug-likeness (QED) is 0.789. The summed E-state index contributed by atoms with van der Waals surface area (Å²) in [6.45, 7) is 7.49. The van der Waals surface area contributed by atoms with Gasteiger partial charge in [-0.2, -0.15) is 0 Å². The number of piperazine rings is 1. The predicted octanol–water partition coefficient (Wildman–Crippen LogP) is 2.53. The molecule has 7 nitrogen and oxygen atoms in total. The molecule has 1 N–H and O–H groups in total. The van der Waals surface area contributed by atoms with Gasteiger partial charge >= 0.3 is 0 Å². The molecule has 1 heterocycles. The number of carbonyl (C=O) groups excluding carboxylic acids is 2. The molecule has 7 heteroatoms. The third-order valence-corrected chi connectivity index (χ3v) is 5.12. The third kappa shape index (κ3) is 5.43. The Hall–Kier alpha value is -3.22. The number of carbonyl (C=O) groups is 2. The zero-order chi connectivity index (χ0) is 21.7. The lowest BCUT2D eigenvalue weighted by Gasteiger charge is -2.35. The van der Waals surface area contributed by atoms with E-state index in [4.69, 9.17) is 9.47 Å². The molecule has 0 aromatic heterocycles. The minimum absolute atomic E-state index is 0.0157. The van der Waals surface area contributed by atoms with E-state index in [9.17, 15) is 14.7 Å². The summed E-state index contributed by atoms with van der Waals surface area (Å²) in [7, 11) is 0. The van der Waals surface area contributed by atoms with Crippen molar-refractivity contribution in [3.8, 4) is 17.2 Å².